The Morgan fingerprint density at radius 3 is 2.94 bits per heavy atom. The molecular formula is C10H17N3O3S. The van der Waals surface area contributed by atoms with E-state index in [-0.39, 0.29) is 17.9 Å². The van der Waals surface area contributed by atoms with Crippen LogP contribution in [0.1, 0.15) is 6.42 Å². The maximum atomic E-state index is 12.2. The van der Waals surface area contributed by atoms with Crippen molar-refractivity contribution >= 4 is 23.8 Å². The van der Waals surface area contributed by atoms with Crippen molar-refractivity contribution in [2.45, 2.75) is 12.5 Å². The molecule has 2 heterocycles. The first kappa shape index (κ1) is 12.5. The van der Waals surface area contributed by atoms with Crippen LogP contribution in [-0.2, 0) is 4.79 Å². The first-order chi connectivity index (χ1) is 8.18. The quantitative estimate of drug-likeness (QED) is 0.638. The Morgan fingerprint density at radius 2 is 2.29 bits per heavy atom. The molecule has 0 radical (unpaired) electrons. The normalized spacial score (nSPS) is 29.1. The molecule has 0 aromatic heterocycles. The van der Waals surface area contributed by atoms with Gasteiger partial charge in [-0.15, -0.1) is 11.8 Å². The van der Waals surface area contributed by atoms with Crippen LogP contribution in [0.15, 0.2) is 0 Å². The Kier molecular flexibility index (Phi) is 4.11. The van der Waals surface area contributed by atoms with Crippen molar-refractivity contribution in [2.75, 3.05) is 31.3 Å². The zero-order chi connectivity index (χ0) is 12.3. The van der Waals surface area contributed by atoms with E-state index in [1.165, 1.54) is 0 Å². The van der Waals surface area contributed by atoms with Crippen LogP contribution in [-0.4, -0.2) is 59.3 Å². The van der Waals surface area contributed by atoms with E-state index < -0.39 is 6.09 Å². The predicted octanol–water partition coefficient (Wildman–Crippen LogP) is -0.235. The molecule has 0 bridgehead atoms. The van der Waals surface area contributed by atoms with Gasteiger partial charge in [-0.05, 0) is 13.0 Å². The lowest BCUT2D eigenvalue weighted by molar-refractivity contribution is -0.135. The summed E-state index contributed by atoms with van der Waals surface area (Å²) in [6.07, 6.45) is -0.380. The fourth-order valence-corrected chi connectivity index (χ4v) is 3.23. The minimum absolute atomic E-state index is 0.0703. The van der Waals surface area contributed by atoms with Gasteiger partial charge in [0.2, 0.25) is 5.91 Å². The average Bonchev–Trinajstić information content (AvgIpc) is 2.81. The Morgan fingerprint density at radius 1 is 1.47 bits per heavy atom. The molecule has 7 heteroatoms. The summed E-state index contributed by atoms with van der Waals surface area (Å²) in [6.45, 7) is 2.09. The highest BCUT2D eigenvalue weighted by molar-refractivity contribution is 7.99. The molecule has 2 atom stereocenters. The molecule has 17 heavy (non-hydrogen) atoms. The monoisotopic (exact) mass is 259 g/mol. The Labute approximate surface area is 104 Å². The van der Waals surface area contributed by atoms with E-state index in [0.717, 1.165) is 24.7 Å². The Bertz CT molecular complexity index is 307. The smallest absolute Gasteiger partial charge is 0.404 e. The lowest BCUT2D eigenvalue weighted by atomic mass is 9.92. The minimum Gasteiger partial charge on any atom is -0.465 e. The first-order valence-electron chi connectivity index (χ1n) is 5.75. The highest BCUT2D eigenvalue weighted by Gasteiger charge is 2.35. The lowest BCUT2D eigenvalue weighted by Gasteiger charge is -2.33. The number of carbonyl (C=O) groups excluding carboxylic acids is 1. The SMILES string of the molecule is O=C(O)N[C@H]1CCNC[C@H]1C(=O)N1CCSC1. The standard InChI is InChI=1S/C10H17N3O3S/c14-9(13-3-4-17-6-13)7-5-11-2-1-8(7)12-10(15)16/h7-8,11-12H,1-6H2,(H,15,16)/t7-,8+/m1/s1. The maximum Gasteiger partial charge on any atom is 0.404 e. The van der Waals surface area contributed by atoms with Gasteiger partial charge in [0.25, 0.3) is 0 Å². The third-order valence-electron chi connectivity index (χ3n) is 3.17. The van der Waals surface area contributed by atoms with Crippen molar-refractivity contribution in [2.24, 2.45) is 5.92 Å². The fourth-order valence-electron chi connectivity index (χ4n) is 2.27. The summed E-state index contributed by atoms with van der Waals surface area (Å²) >= 11 is 1.74. The number of piperidine rings is 1. The third-order valence-corrected chi connectivity index (χ3v) is 4.14. The molecule has 2 saturated heterocycles. The largest absolute Gasteiger partial charge is 0.465 e. The number of carbonyl (C=O) groups is 2. The van der Waals surface area contributed by atoms with E-state index in [0.29, 0.717) is 13.0 Å². The second-order valence-electron chi connectivity index (χ2n) is 4.29. The molecule has 0 aliphatic carbocycles. The Hall–Kier alpha value is -0.950. The summed E-state index contributed by atoms with van der Waals surface area (Å²) in [7, 11) is 0. The second kappa shape index (κ2) is 5.59. The van der Waals surface area contributed by atoms with Crippen LogP contribution in [0.25, 0.3) is 0 Å². The molecule has 0 aromatic rings. The van der Waals surface area contributed by atoms with Crippen molar-refractivity contribution in [3.05, 3.63) is 0 Å². The zero-order valence-electron chi connectivity index (χ0n) is 9.52. The van der Waals surface area contributed by atoms with Crippen molar-refractivity contribution in [3.8, 4) is 0 Å². The van der Waals surface area contributed by atoms with Gasteiger partial charge in [-0.2, -0.15) is 0 Å². The molecule has 2 aliphatic heterocycles. The molecule has 3 N–H and O–H groups in total. The summed E-state index contributed by atoms with van der Waals surface area (Å²) in [5.41, 5.74) is 0. The molecule has 0 saturated carbocycles. The molecule has 6 nitrogen and oxygen atoms in total. The van der Waals surface area contributed by atoms with E-state index in [4.69, 9.17) is 5.11 Å². The van der Waals surface area contributed by atoms with E-state index >= 15 is 0 Å². The highest BCUT2D eigenvalue weighted by Crippen LogP contribution is 2.20. The van der Waals surface area contributed by atoms with E-state index in [2.05, 4.69) is 10.6 Å². The van der Waals surface area contributed by atoms with Crippen molar-refractivity contribution in [1.29, 1.82) is 0 Å². The van der Waals surface area contributed by atoms with Gasteiger partial charge in [-0.1, -0.05) is 0 Å². The van der Waals surface area contributed by atoms with Crippen LogP contribution in [0, 0.1) is 5.92 Å². The number of rotatable bonds is 2. The van der Waals surface area contributed by atoms with Gasteiger partial charge in [0, 0.05) is 24.9 Å². The van der Waals surface area contributed by atoms with Crippen molar-refractivity contribution in [1.82, 2.24) is 15.5 Å². The topological polar surface area (TPSA) is 81.7 Å². The summed E-state index contributed by atoms with van der Waals surface area (Å²) in [4.78, 5) is 24.7. The van der Waals surface area contributed by atoms with Gasteiger partial charge in [0.05, 0.1) is 11.8 Å². The van der Waals surface area contributed by atoms with Crippen LogP contribution in [0.5, 0.6) is 0 Å². The van der Waals surface area contributed by atoms with E-state index in [9.17, 15) is 9.59 Å². The average molecular weight is 259 g/mol. The number of amides is 2. The summed E-state index contributed by atoms with van der Waals surface area (Å²) < 4.78 is 0. The van der Waals surface area contributed by atoms with Gasteiger partial charge >= 0.3 is 6.09 Å². The van der Waals surface area contributed by atoms with Gasteiger partial charge in [0.15, 0.2) is 0 Å². The van der Waals surface area contributed by atoms with Crippen LogP contribution in [0.2, 0.25) is 0 Å². The molecule has 2 amide bonds. The molecule has 2 fully saturated rings. The van der Waals surface area contributed by atoms with Crippen LogP contribution < -0.4 is 10.6 Å². The molecular weight excluding hydrogens is 242 g/mol. The number of thioether (sulfide) groups is 1. The molecule has 96 valence electrons. The molecule has 0 spiro atoms. The molecule has 0 unspecified atom stereocenters. The van der Waals surface area contributed by atoms with Gasteiger partial charge in [0.1, 0.15) is 0 Å². The number of nitrogens with one attached hydrogen (secondary N) is 2. The van der Waals surface area contributed by atoms with Gasteiger partial charge in [-0.3, -0.25) is 4.79 Å². The molecule has 0 aromatic carbocycles. The first-order valence-corrected chi connectivity index (χ1v) is 6.90. The van der Waals surface area contributed by atoms with Gasteiger partial charge in [-0.25, -0.2) is 4.79 Å². The van der Waals surface area contributed by atoms with Crippen LogP contribution in [0.4, 0.5) is 4.79 Å². The zero-order valence-corrected chi connectivity index (χ0v) is 10.3. The molecule has 2 aliphatic rings. The number of carboxylic acid groups (broad SMARTS) is 1. The fraction of sp³-hybridized carbons (Fsp3) is 0.800. The maximum absolute atomic E-state index is 12.2. The van der Waals surface area contributed by atoms with Crippen molar-refractivity contribution in [3.63, 3.8) is 0 Å². The number of hydrogen-bond acceptors (Lipinski definition) is 4. The van der Waals surface area contributed by atoms with E-state index in [1.54, 1.807) is 11.8 Å². The van der Waals surface area contributed by atoms with Crippen LogP contribution >= 0.6 is 11.8 Å². The lowest BCUT2D eigenvalue weighted by Crippen LogP contribution is -2.55. The Balaban J connectivity index is 1.99. The summed E-state index contributed by atoms with van der Waals surface area (Å²) in [5, 5.41) is 14.4. The predicted molar refractivity (Wildman–Crippen MR) is 65.0 cm³/mol. The summed E-state index contributed by atoms with van der Waals surface area (Å²) in [6, 6.07) is -0.258. The number of nitrogens with zero attached hydrogens (tertiary/aromatic N) is 1. The number of hydrogen-bond donors (Lipinski definition) is 3. The van der Waals surface area contributed by atoms with Gasteiger partial charge < -0.3 is 20.6 Å². The minimum atomic E-state index is -1.05. The highest BCUT2D eigenvalue weighted by atomic mass is 32.2. The molecule has 2 rings (SSSR count). The van der Waals surface area contributed by atoms with Crippen molar-refractivity contribution < 1.29 is 14.7 Å². The third kappa shape index (κ3) is 3.04. The summed E-state index contributed by atoms with van der Waals surface area (Å²) in [5.74, 6) is 1.51. The second-order valence-corrected chi connectivity index (χ2v) is 5.37. The van der Waals surface area contributed by atoms with Crippen LogP contribution in [0.3, 0.4) is 0 Å². The van der Waals surface area contributed by atoms with E-state index in [1.807, 2.05) is 4.90 Å².